The molecule has 98 valence electrons. The lowest BCUT2D eigenvalue weighted by Gasteiger charge is -2.22. The van der Waals surface area contributed by atoms with Crippen molar-refractivity contribution in [1.29, 1.82) is 0 Å². The minimum Gasteiger partial charge on any atom is -0.497 e. The Morgan fingerprint density at radius 2 is 2.06 bits per heavy atom. The molecule has 5 heteroatoms. The summed E-state index contributed by atoms with van der Waals surface area (Å²) in [7, 11) is 3.10. The molecule has 18 heavy (non-hydrogen) atoms. The first-order chi connectivity index (χ1) is 8.55. The minimum absolute atomic E-state index is 0.559. The van der Waals surface area contributed by atoms with Crippen molar-refractivity contribution in [3.63, 3.8) is 0 Å². The molecule has 1 atom stereocenters. The fraction of sp³-hybridized carbons (Fsp3) is 0.462. The summed E-state index contributed by atoms with van der Waals surface area (Å²) in [5.74, 6) is 0.380. The molecule has 0 amide bonds. The second-order valence-corrected chi connectivity index (χ2v) is 4.55. The third-order valence-electron chi connectivity index (χ3n) is 3.59. The van der Waals surface area contributed by atoms with Gasteiger partial charge in [-0.15, -0.1) is 0 Å². The molecule has 0 saturated heterocycles. The van der Waals surface area contributed by atoms with Crippen LogP contribution in [0.15, 0.2) is 18.2 Å². The highest BCUT2D eigenvalue weighted by Crippen LogP contribution is 2.55. The summed E-state index contributed by atoms with van der Waals surface area (Å²) in [5.41, 5.74) is 5.98. The molecule has 1 aliphatic carbocycles. The standard InChI is InChI=1S/C13H17NO4/c1-17-8-3-4-9(10(7-8)18-2)11(14)13(5-6-13)12(15)16/h3-4,7,11H,5-6,14H2,1-2H3,(H,15,16). The van der Waals surface area contributed by atoms with E-state index in [1.54, 1.807) is 25.3 Å². The molecule has 1 aliphatic rings. The molecule has 1 aromatic rings. The summed E-state index contributed by atoms with van der Waals surface area (Å²) in [6, 6.07) is 4.68. The Labute approximate surface area is 106 Å². The van der Waals surface area contributed by atoms with Crippen LogP contribution in [0.3, 0.4) is 0 Å². The van der Waals surface area contributed by atoms with E-state index in [9.17, 15) is 9.90 Å². The van der Waals surface area contributed by atoms with Crippen LogP contribution in [0.1, 0.15) is 24.4 Å². The number of aliphatic carboxylic acids is 1. The van der Waals surface area contributed by atoms with Crippen molar-refractivity contribution < 1.29 is 19.4 Å². The molecule has 0 radical (unpaired) electrons. The molecule has 2 rings (SSSR count). The highest BCUT2D eigenvalue weighted by molar-refractivity contribution is 5.79. The van der Waals surface area contributed by atoms with Gasteiger partial charge in [0.15, 0.2) is 0 Å². The number of carboxylic acids is 1. The van der Waals surface area contributed by atoms with Crippen LogP contribution in [-0.2, 0) is 4.79 Å². The molecule has 0 aromatic heterocycles. The first-order valence-corrected chi connectivity index (χ1v) is 5.76. The maximum absolute atomic E-state index is 11.3. The number of carboxylic acid groups (broad SMARTS) is 1. The lowest BCUT2D eigenvalue weighted by atomic mass is 9.90. The number of nitrogens with two attached hydrogens (primary N) is 1. The smallest absolute Gasteiger partial charge is 0.311 e. The van der Waals surface area contributed by atoms with Crippen molar-refractivity contribution in [2.75, 3.05) is 14.2 Å². The predicted octanol–water partition coefficient (Wildman–Crippen LogP) is 1.57. The van der Waals surface area contributed by atoms with Gasteiger partial charge in [0.2, 0.25) is 0 Å². The quantitative estimate of drug-likeness (QED) is 0.830. The van der Waals surface area contributed by atoms with Crippen LogP contribution in [0.2, 0.25) is 0 Å². The molecule has 1 aromatic carbocycles. The lowest BCUT2D eigenvalue weighted by Crippen LogP contribution is -2.30. The third kappa shape index (κ3) is 1.90. The van der Waals surface area contributed by atoms with Gasteiger partial charge in [0.05, 0.1) is 19.6 Å². The Morgan fingerprint density at radius 3 is 2.50 bits per heavy atom. The summed E-state index contributed by atoms with van der Waals surface area (Å²) in [5, 5.41) is 9.25. The predicted molar refractivity (Wildman–Crippen MR) is 65.8 cm³/mol. The topological polar surface area (TPSA) is 81.8 Å². The minimum atomic E-state index is -0.840. The van der Waals surface area contributed by atoms with Crippen LogP contribution < -0.4 is 15.2 Å². The zero-order chi connectivity index (χ0) is 13.3. The van der Waals surface area contributed by atoms with Gasteiger partial charge in [-0.25, -0.2) is 0 Å². The molecule has 1 saturated carbocycles. The van der Waals surface area contributed by atoms with E-state index >= 15 is 0 Å². The van der Waals surface area contributed by atoms with Crippen molar-refractivity contribution >= 4 is 5.97 Å². The third-order valence-corrected chi connectivity index (χ3v) is 3.59. The van der Waals surface area contributed by atoms with Crippen molar-refractivity contribution in [1.82, 2.24) is 0 Å². The Bertz CT molecular complexity index is 468. The van der Waals surface area contributed by atoms with E-state index in [-0.39, 0.29) is 0 Å². The van der Waals surface area contributed by atoms with Gasteiger partial charge in [-0.3, -0.25) is 4.79 Å². The highest BCUT2D eigenvalue weighted by Gasteiger charge is 2.55. The second-order valence-electron chi connectivity index (χ2n) is 4.55. The molecule has 0 aliphatic heterocycles. The van der Waals surface area contributed by atoms with Crippen molar-refractivity contribution in [3.05, 3.63) is 23.8 Å². The number of hydrogen-bond donors (Lipinski definition) is 2. The van der Waals surface area contributed by atoms with E-state index in [0.29, 0.717) is 29.9 Å². The molecule has 1 unspecified atom stereocenters. The Hall–Kier alpha value is -1.75. The average Bonchev–Trinajstić information content (AvgIpc) is 3.18. The van der Waals surface area contributed by atoms with E-state index in [1.165, 1.54) is 7.11 Å². The van der Waals surface area contributed by atoms with Crippen molar-refractivity contribution in [2.45, 2.75) is 18.9 Å². The van der Waals surface area contributed by atoms with E-state index in [2.05, 4.69) is 0 Å². The summed E-state index contributed by atoms with van der Waals surface area (Å²) in [6.07, 6.45) is 1.22. The molecular formula is C13H17NO4. The molecule has 5 nitrogen and oxygen atoms in total. The second kappa shape index (κ2) is 4.49. The van der Waals surface area contributed by atoms with Gasteiger partial charge >= 0.3 is 5.97 Å². The summed E-state index contributed by atoms with van der Waals surface area (Å²) in [6.45, 7) is 0. The van der Waals surface area contributed by atoms with Crippen molar-refractivity contribution in [2.24, 2.45) is 11.1 Å². The monoisotopic (exact) mass is 251 g/mol. The Morgan fingerprint density at radius 1 is 1.39 bits per heavy atom. The van der Waals surface area contributed by atoms with E-state index in [0.717, 1.165) is 0 Å². The molecule has 0 heterocycles. The number of hydrogen-bond acceptors (Lipinski definition) is 4. The van der Waals surface area contributed by atoms with Crippen LogP contribution >= 0.6 is 0 Å². The van der Waals surface area contributed by atoms with Crippen LogP contribution in [-0.4, -0.2) is 25.3 Å². The fourth-order valence-corrected chi connectivity index (χ4v) is 2.17. The number of methoxy groups -OCH3 is 2. The van der Waals surface area contributed by atoms with E-state index in [1.807, 2.05) is 0 Å². The number of ether oxygens (including phenoxy) is 2. The molecular weight excluding hydrogens is 234 g/mol. The largest absolute Gasteiger partial charge is 0.497 e. The summed E-state index contributed by atoms with van der Waals surface area (Å²) >= 11 is 0. The maximum atomic E-state index is 11.3. The number of rotatable bonds is 5. The first kappa shape index (κ1) is 12.7. The lowest BCUT2D eigenvalue weighted by molar-refractivity contribution is -0.144. The van der Waals surface area contributed by atoms with Gasteiger partial charge < -0.3 is 20.3 Å². The van der Waals surface area contributed by atoms with Gasteiger partial charge in [0.1, 0.15) is 11.5 Å². The fourth-order valence-electron chi connectivity index (χ4n) is 2.17. The SMILES string of the molecule is COc1ccc(C(N)C2(C(=O)O)CC2)c(OC)c1. The summed E-state index contributed by atoms with van der Waals surface area (Å²) < 4.78 is 10.4. The molecule has 3 N–H and O–H groups in total. The summed E-state index contributed by atoms with van der Waals surface area (Å²) in [4.78, 5) is 11.3. The number of carbonyl (C=O) groups is 1. The zero-order valence-electron chi connectivity index (χ0n) is 10.5. The molecule has 0 spiro atoms. The normalized spacial score (nSPS) is 17.9. The van der Waals surface area contributed by atoms with Crippen LogP contribution in [0, 0.1) is 5.41 Å². The van der Waals surface area contributed by atoms with E-state index < -0.39 is 17.4 Å². The van der Waals surface area contributed by atoms with Gasteiger partial charge in [0, 0.05) is 17.7 Å². The van der Waals surface area contributed by atoms with Gasteiger partial charge in [0.25, 0.3) is 0 Å². The highest BCUT2D eigenvalue weighted by atomic mass is 16.5. The van der Waals surface area contributed by atoms with Crippen LogP contribution in [0.25, 0.3) is 0 Å². The van der Waals surface area contributed by atoms with Gasteiger partial charge in [-0.1, -0.05) is 6.07 Å². The molecule has 1 fully saturated rings. The zero-order valence-corrected chi connectivity index (χ0v) is 10.5. The first-order valence-electron chi connectivity index (χ1n) is 5.76. The maximum Gasteiger partial charge on any atom is 0.311 e. The van der Waals surface area contributed by atoms with Crippen LogP contribution in [0.4, 0.5) is 0 Å². The Kier molecular flexibility index (Phi) is 3.17. The number of benzene rings is 1. The average molecular weight is 251 g/mol. The molecule has 0 bridgehead atoms. The van der Waals surface area contributed by atoms with Gasteiger partial charge in [-0.2, -0.15) is 0 Å². The van der Waals surface area contributed by atoms with Gasteiger partial charge in [-0.05, 0) is 18.9 Å². The van der Waals surface area contributed by atoms with Crippen molar-refractivity contribution in [3.8, 4) is 11.5 Å². The van der Waals surface area contributed by atoms with Crippen LogP contribution in [0.5, 0.6) is 11.5 Å². The Balaban J connectivity index is 2.36. The van der Waals surface area contributed by atoms with E-state index in [4.69, 9.17) is 15.2 Å².